The van der Waals surface area contributed by atoms with Gasteiger partial charge >= 0.3 is 0 Å². The van der Waals surface area contributed by atoms with Crippen LogP contribution in [0.4, 0.5) is 26.1 Å². The third-order valence-electron chi connectivity index (χ3n) is 6.80. The zero-order valence-corrected chi connectivity index (χ0v) is 21.2. The summed E-state index contributed by atoms with van der Waals surface area (Å²) in [4.78, 5) is 24.8. The molecule has 1 fully saturated rings. The third-order valence-corrected chi connectivity index (χ3v) is 8.03. The number of hydrogen-bond acceptors (Lipinski definition) is 7. The molecule has 1 aliphatic heterocycles. The van der Waals surface area contributed by atoms with E-state index in [1.165, 1.54) is 36.2 Å². The Morgan fingerprint density at radius 2 is 1.92 bits per heavy atom. The SMILES string of the molecule is CC1CCN(c2ncccc2C(=O)NS(=O)(=O)c2cccc(N(C)c3cc(F)ccc3F)n2)C1(C)C. The molecule has 3 aromatic rings. The number of rotatable bonds is 6. The van der Waals surface area contributed by atoms with E-state index in [1.54, 1.807) is 12.3 Å². The predicted molar refractivity (Wildman–Crippen MR) is 133 cm³/mol. The highest BCUT2D eigenvalue weighted by molar-refractivity contribution is 7.90. The molecule has 1 saturated heterocycles. The van der Waals surface area contributed by atoms with Gasteiger partial charge in [0.05, 0.1) is 11.3 Å². The van der Waals surface area contributed by atoms with E-state index in [0.717, 1.165) is 24.6 Å². The summed E-state index contributed by atoms with van der Waals surface area (Å²) in [5.74, 6) is -1.40. The number of carbonyl (C=O) groups is 1. The van der Waals surface area contributed by atoms with E-state index in [-0.39, 0.29) is 22.6 Å². The van der Waals surface area contributed by atoms with Gasteiger partial charge in [-0.05, 0) is 62.6 Å². The Morgan fingerprint density at radius 3 is 2.61 bits per heavy atom. The van der Waals surface area contributed by atoms with Crippen LogP contribution in [0, 0.1) is 17.6 Å². The number of benzene rings is 1. The van der Waals surface area contributed by atoms with Crippen LogP contribution in [-0.2, 0) is 10.0 Å². The normalized spacial score (nSPS) is 17.2. The predicted octanol–water partition coefficient (Wildman–Crippen LogP) is 4.27. The Kier molecular flexibility index (Phi) is 6.70. The molecule has 1 amide bonds. The molecule has 1 aromatic carbocycles. The second-order valence-electron chi connectivity index (χ2n) is 9.29. The Balaban J connectivity index is 1.62. The van der Waals surface area contributed by atoms with Crippen molar-refractivity contribution in [1.82, 2.24) is 14.7 Å². The van der Waals surface area contributed by atoms with E-state index in [9.17, 15) is 22.0 Å². The molecular formula is C25H27F2N5O3S. The highest BCUT2D eigenvalue weighted by Gasteiger charge is 2.40. The van der Waals surface area contributed by atoms with Crippen LogP contribution >= 0.6 is 0 Å². The molecule has 0 radical (unpaired) electrons. The number of sulfonamides is 1. The van der Waals surface area contributed by atoms with Gasteiger partial charge in [0.25, 0.3) is 15.9 Å². The Bertz CT molecular complexity index is 1410. The number of hydrogen-bond donors (Lipinski definition) is 1. The zero-order valence-electron chi connectivity index (χ0n) is 20.4. The molecule has 0 saturated carbocycles. The van der Waals surface area contributed by atoms with Crippen molar-refractivity contribution >= 4 is 33.3 Å². The van der Waals surface area contributed by atoms with Crippen molar-refractivity contribution in [2.24, 2.45) is 5.92 Å². The molecule has 36 heavy (non-hydrogen) atoms. The molecule has 190 valence electrons. The van der Waals surface area contributed by atoms with Crippen molar-refractivity contribution in [3.05, 3.63) is 71.9 Å². The van der Waals surface area contributed by atoms with E-state index in [1.807, 2.05) is 4.90 Å². The first-order valence-electron chi connectivity index (χ1n) is 11.4. The molecule has 0 aliphatic carbocycles. The van der Waals surface area contributed by atoms with Crippen LogP contribution in [0.2, 0.25) is 0 Å². The minimum atomic E-state index is -4.40. The van der Waals surface area contributed by atoms with Crippen LogP contribution in [0.5, 0.6) is 0 Å². The molecular weight excluding hydrogens is 488 g/mol. The van der Waals surface area contributed by atoms with Gasteiger partial charge in [0, 0.05) is 31.4 Å². The van der Waals surface area contributed by atoms with Gasteiger partial charge < -0.3 is 9.80 Å². The Hall–Kier alpha value is -3.60. The van der Waals surface area contributed by atoms with Gasteiger partial charge in [-0.3, -0.25) is 4.79 Å². The summed E-state index contributed by atoms with van der Waals surface area (Å²) >= 11 is 0. The second kappa shape index (κ2) is 9.45. The summed E-state index contributed by atoms with van der Waals surface area (Å²) in [6.45, 7) is 6.93. The lowest BCUT2D eigenvalue weighted by Crippen LogP contribution is -2.43. The lowest BCUT2D eigenvalue weighted by Gasteiger charge is -2.36. The molecule has 1 atom stereocenters. The Morgan fingerprint density at radius 1 is 1.17 bits per heavy atom. The molecule has 1 N–H and O–H groups in total. The minimum absolute atomic E-state index is 0.0460. The monoisotopic (exact) mass is 515 g/mol. The van der Waals surface area contributed by atoms with Gasteiger partial charge in [0.1, 0.15) is 23.3 Å². The number of carbonyl (C=O) groups excluding carboxylic acids is 1. The van der Waals surface area contributed by atoms with E-state index < -0.39 is 32.6 Å². The van der Waals surface area contributed by atoms with Gasteiger partial charge in [0.2, 0.25) is 0 Å². The smallest absolute Gasteiger partial charge is 0.281 e. The number of amides is 1. The number of pyridine rings is 2. The average molecular weight is 516 g/mol. The van der Waals surface area contributed by atoms with Crippen molar-refractivity contribution in [2.45, 2.75) is 37.8 Å². The summed E-state index contributed by atoms with van der Waals surface area (Å²) in [6, 6.07) is 10.1. The summed E-state index contributed by atoms with van der Waals surface area (Å²) in [5.41, 5.74) is -0.267. The van der Waals surface area contributed by atoms with Crippen molar-refractivity contribution in [1.29, 1.82) is 0 Å². The first-order chi connectivity index (χ1) is 16.9. The number of anilines is 3. The van der Waals surface area contributed by atoms with E-state index in [2.05, 4.69) is 35.5 Å². The maximum absolute atomic E-state index is 14.2. The summed E-state index contributed by atoms with van der Waals surface area (Å²) in [6.07, 6.45) is 2.48. The van der Waals surface area contributed by atoms with Crippen LogP contribution < -0.4 is 14.5 Å². The first-order valence-corrected chi connectivity index (χ1v) is 12.9. The quantitative estimate of drug-likeness (QED) is 0.524. The molecule has 8 nitrogen and oxygen atoms in total. The van der Waals surface area contributed by atoms with Gasteiger partial charge in [-0.15, -0.1) is 0 Å². The lowest BCUT2D eigenvalue weighted by molar-refractivity contribution is 0.0981. The van der Waals surface area contributed by atoms with Crippen LogP contribution in [0.1, 0.15) is 37.6 Å². The highest BCUT2D eigenvalue weighted by atomic mass is 32.2. The molecule has 1 aliphatic rings. The van der Waals surface area contributed by atoms with Crippen LogP contribution in [0.15, 0.2) is 59.8 Å². The van der Waals surface area contributed by atoms with Crippen molar-refractivity contribution in [3.63, 3.8) is 0 Å². The number of nitrogens with one attached hydrogen (secondary N) is 1. The first kappa shape index (κ1) is 25.5. The van der Waals surface area contributed by atoms with Crippen LogP contribution in [0.3, 0.4) is 0 Å². The fourth-order valence-corrected chi connectivity index (χ4v) is 5.16. The molecule has 3 heterocycles. The third kappa shape index (κ3) is 4.75. The van der Waals surface area contributed by atoms with Gasteiger partial charge in [-0.1, -0.05) is 13.0 Å². The van der Waals surface area contributed by atoms with E-state index in [4.69, 9.17) is 0 Å². The largest absolute Gasteiger partial charge is 0.351 e. The molecule has 0 bridgehead atoms. The maximum Gasteiger partial charge on any atom is 0.281 e. The van der Waals surface area contributed by atoms with E-state index in [0.29, 0.717) is 18.3 Å². The molecule has 1 unspecified atom stereocenters. The minimum Gasteiger partial charge on any atom is -0.351 e. The van der Waals surface area contributed by atoms with Crippen LogP contribution in [-0.4, -0.2) is 43.4 Å². The molecule has 0 spiro atoms. The highest BCUT2D eigenvalue weighted by Crippen LogP contribution is 2.38. The zero-order chi connectivity index (χ0) is 26.3. The molecule has 2 aromatic heterocycles. The fraction of sp³-hybridized carbons (Fsp3) is 0.320. The molecule has 4 rings (SSSR count). The van der Waals surface area contributed by atoms with Crippen LogP contribution in [0.25, 0.3) is 0 Å². The van der Waals surface area contributed by atoms with Gasteiger partial charge in [0.15, 0.2) is 5.03 Å². The Labute approximate surface area is 209 Å². The van der Waals surface area contributed by atoms with Crippen molar-refractivity contribution < 1.29 is 22.0 Å². The average Bonchev–Trinajstić information content (AvgIpc) is 3.11. The van der Waals surface area contributed by atoms with Crippen molar-refractivity contribution in [2.75, 3.05) is 23.4 Å². The second-order valence-corrected chi connectivity index (χ2v) is 10.9. The number of nitrogens with zero attached hydrogens (tertiary/aromatic N) is 4. The van der Waals surface area contributed by atoms with Gasteiger partial charge in [-0.25, -0.2) is 23.5 Å². The fourth-order valence-electron chi connectivity index (χ4n) is 4.23. The summed E-state index contributed by atoms with van der Waals surface area (Å²) < 4.78 is 56.1. The molecule has 11 heteroatoms. The lowest BCUT2D eigenvalue weighted by atomic mass is 9.90. The number of halogens is 2. The number of aromatic nitrogens is 2. The van der Waals surface area contributed by atoms with Crippen molar-refractivity contribution in [3.8, 4) is 0 Å². The summed E-state index contributed by atoms with van der Waals surface area (Å²) in [7, 11) is -2.97. The van der Waals surface area contributed by atoms with E-state index >= 15 is 0 Å². The standard InChI is InChI=1S/C25H27F2N5O3S/c1-16-12-14-32(25(16,2)3)23-18(7-6-13-28-23)24(33)30-36(34,35)22-9-5-8-21(29-22)31(4)20-15-17(26)10-11-19(20)27/h5-11,13,15-16H,12,14H2,1-4H3,(H,30,33). The maximum atomic E-state index is 14.2. The van der Waals surface area contributed by atoms with Gasteiger partial charge in [-0.2, -0.15) is 8.42 Å². The summed E-state index contributed by atoms with van der Waals surface area (Å²) in [5, 5.41) is -0.447. The topological polar surface area (TPSA) is 95.5 Å².